The van der Waals surface area contributed by atoms with Gasteiger partial charge in [0.1, 0.15) is 0 Å². The number of hydrogen-bond donors (Lipinski definition) is 2. The molecule has 0 saturated carbocycles. The Balaban J connectivity index is 0.00000144. The standard InChI is InChI=1S/C9H10O3.CH4/c1-9(12,8(10)11)7-5-3-2-4-6-7;/h2-6,12H,1H3,(H,10,11);1H4. The molecule has 1 atom stereocenters. The van der Waals surface area contributed by atoms with Gasteiger partial charge in [0.2, 0.25) is 0 Å². The summed E-state index contributed by atoms with van der Waals surface area (Å²) in [6, 6.07) is 8.29. The summed E-state index contributed by atoms with van der Waals surface area (Å²) in [5.74, 6) is -1.24. The predicted molar refractivity (Wildman–Crippen MR) is 50.4 cm³/mol. The number of carboxylic acids is 1. The first-order valence-corrected chi connectivity index (χ1v) is 3.56. The summed E-state index contributed by atoms with van der Waals surface area (Å²) in [6.07, 6.45) is 0. The molecule has 0 amide bonds. The van der Waals surface area contributed by atoms with Crippen LogP contribution in [-0.2, 0) is 10.4 Å². The fraction of sp³-hybridized carbons (Fsp3) is 0.300. The van der Waals surface area contributed by atoms with Crippen LogP contribution in [0.15, 0.2) is 30.3 Å². The molecule has 1 aromatic carbocycles. The molecule has 0 saturated heterocycles. The Morgan fingerprint density at radius 1 is 1.31 bits per heavy atom. The van der Waals surface area contributed by atoms with Gasteiger partial charge in [-0.15, -0.1) is 0 Å². The van der Waals surface area contributed by atoms with Crippen LogP contribution in [0.1, 0.15) is 19.9 Å². The second-order valence-corrected chi connectivity index (χ2v) is 2.74. The molecule has 0 bridgehead atoms. The van der Waals surface area contributed by atoms with Gasteiger partial charge in [0.15, 0.2) is 5.60 Å². The number of rotatable bonds is 2. The van der Waals surface area contributed by atoms with Gasteiger partial charge in [0.25, 0.3) is 0 Å². The van der Waals surface area contributed by atoms with Crippen LogP contribution in [0.4, 0.5) is 0 Å². The summed E-state index contributed by atoms with van der Waals surface area (Å²) in [7, 11) is 0. The number of aliphatic carboxylic acids is 1. The molecule has 0 heterocycles. The second-order valence-electron chi connectivity index (χ2n) is 2.74. The van der Waals surface area contributed by atoms with E-state index < -0.39 is 11.6 Å². The average molecular weight is 182 g/mol. The minimum atomic E-state index is -1.79. The molecular formula is C10H14O3. The van der Waals surface area contributed by atoms with E-state index in [2.05, 4.69) is 0 Å². The molecule has 0 spiro atoms. The first-order chi connectivity index (χ1) is 5.55. The highest BCUT2D eigenvalue weighted by atomic mass is 16.4. The van der Waals surface area contributed by atoms with Crippen LogP contribution in [0, 0.1) is 0 Å². The first-order valence-electron chi connectivity index (χ1n) is 3.56. The van der Waals surface area contributed by atoms with Crippen molar-refractivity contribution in [3.63, 3.8) is 0 Å². The molecule has 2 N–H and O–H groups in total. The Hall–Kier alpha value is -1.35. The summed E-state index contributed by atoms with van der Waals surface area (Å²) in [5, 5.41) is 18.1. The third-order valence-corrected chi connectivity index (χ3v) is 1.75. The van der Waals surface area contributed by atoms with Crippen molar-refractivity contribution in [2.24, 2.45) is 0 Å². The average Bonchev–Trinajstić information content (AvgIpc) is 2.06. The third kappa shape index (κ3) is 2.29. The highest BCUT2D eigenvalue weighted by Gasteiger charge is 2.31. The zero-order valence-corrected chi connectivity index (χ0v) is 6.69. The van der Waals surface area contributed by atoms with Gasteiger partial charge in [-0.05, 0) is 12.5 Å². The number of carboxylic acid groups (broad SMARTS) is 1. The third-order valence-electron chi connectivity index (χ3n) is 1.75. The lowest BCUT2D eigenvalue weighted by molar-refractivity contribution is -0.157. The van der Waals surface area contributed by atoms with Crippen LogP contribution < -0.4 is 0 Å². The molecule has 0 fully saturated rings. The van der Waals surface area contributed by atoms with Crippen molar-refractivity contribution in [3.05, 3.63) is 35.9 Å². The molecule has 1 rings (SSSR count). The molecule has 72 valence electrons. The molecule has 1 aromatic rings. The molecule has 0 aromatic heterocycles. The minimum Gasteiger partial charge on any atom is -0.479 e. The summed E-state index contributed by atoms with van der Waals surface area (Å²) in [4.78, 5) is 10.6. The van der Waals surface area contributed by atoms with Gasteiger partial charge in [-0.25, -0.2) is 4.79 Å². The van der Waals surface area contributed by atoms with E-state index in [0.717, 1.165) is 0 Å². The molecule has 0 aliphatic heterocycles. The van der Waals surface area contributed by atoms with Gasteiger partial charge in [0, 0.05) is 0 Å². The molecular weight excluding hydrogens is 168 g/mol. The molecule has 0 aliphatic carbocycles. The molecule has 1 unspecified atom stereocenters. The minimum absolute atomic E-state index is 0. The Labute approximate surface area is 77.6 Å². The maximum atomic E-state index is 10.6. The van der Waals surface area contributed by atoms with E-state index in [4.69, 9.17) is 5.11 Å². The van der Waals surface area contributed by atoms with Gasteiger partial charge in [0.05, 0.1) is 0 Å². The number of carbonyl (C=O) groups is 1. The van der Waals surface area contributed by atoms with E-state index in [0.29, 0.717) is 5.56 Å². The highest BCUT2D eigenvalue weighted by molar-refractivity contribution is 5.78. The van der Waals surface area contributed by atoms with E-state index >= 15 is 0 Å². The van der Waals surface area contributed by atoms with E-state index in [-0.39, 0.29) is 7.43 Å². The Kier molecular flexibility index (Phi) is 3.63. The van der Waals surface area contributed by atoms with Gasteiger partial charge in [-0.2, -0.15) is 0 Å². The van der Waals surface area contributed by atoms with Crippen LogP contribution in [-0.4, -0.2) is 16.2 Å². The van der Waals surface area contributed by atoms with Crippen molar-refractivity contribution in [1.82, 2.24) is 0 Å². The topological polar surface area (TPSA) is 57.5 Å². The number of hydrogen-bond acceptors (Lipinski definition) is 2. The van der Waals surface area contributed by atoms with Crippen molar-refractivity contribution < 1.29 is 15.0 Å². The van der Waals surface area contributed by atoms with Crippen molar-refractivity contribution in [2.75, 3.05) is 0 Å². The summed E-state index contributed by atoms with van der Waals surface area (Å²) in [6.45, 7) is 1.25. The maximum Gasteiger partial charge on any atom is 0.340 e. The van der Waals surface area contributed by atoms with Crippen molar-refractivity contribution in [1.29, 1.82) is 0 Å². The normalized spacial score (nSPS) is 14.0. The Morgan fingerprint density at radius 3 is 2.15 bits per heavy atom. The van der Waals surface area contributed by atoms with Gasteiger partial charge in [-0.1, -0.05) is 37.8 Å². The van der Waals surface area contributed by atoms with E-state index in [1.165, 1.54) is 6.92 Å². The fourth-order valence-electron chi connectivity index (χ4n) is 0.886. The van der Waals surface area contributed by atoms with E-state index in [1.807, 2.05) is 0 Å². The van der Waals surface area contributed by atoms with Gasteiger partial charge >= 0.3 is 5.97 Å². The molecule has 13 heavy (non-hydrogen) atoms. The lowest BCUT2D eigenvalue weighted by Gasteiger charge is -2.17. The van der Waals surface area contributed by atoms with Crippen LogP contribution >= 0.6 is 0 Å². The molecule has 0 radical (unpaired) electrons. The van der Waals surface area contributed by atoms with Crippen LogP contribution in [0.3, 0.4) is 0 Å². The van der Waals surface area contributed by atoms with E-state index in [1.54, 1.807) is 30.3 Å². The lowest BCUT2D eigenvalue weighted by Crippen LogP contribution is -2.31. The van der Waals surface area contributed by atoms with Gasteiger partial charge < -0.3 is 10.2 Å². The van der Waals surface area contributed by atoms with Crippen molar-refractivity contribution in [2.45, 2.75) is 20.0 Å². The summed E-state index contributed by atoms with van der Waals surface area (Å²) < 4.78 is 0. The first kappa shape index (κ1) is 11.6. The van der Waals surface area contributed by atoms with Crippen LogP contribution in [0.2, 0.25) is 0 Å². The highest BCUT2D eigenvalue weighted by Crippen LogP contribution is 2.19. The maximum absolute atomic E-state index is 10.6. The van der Waals surface area contributed by atoms with E-state index in [9.17, 15) is 9.90 Å². The summed E-state index contributed by atoms with van der Waals surface area (Å²) in [5.41, 5.74) is -1.40. The molecule has 0 aliphatic rings. The number of aliphatic hydroxyl groups is 1. The van der Waals surface area contributed by atoms with Gasteiger partial charge in [-0.3, -0.25) is 0 Å². The quantitative estimate of drug-likeness (QED) is 0.730. The zero-order valence-electron chi connectivity index (χ0n) is 6.69. The zero-order chi connectivity index (χ0) is 9.19. The van der Waals surface area contributed by atoms with Crippen LogP contribution in [0.25, 0.3) is 0 Å². The summed E-state index contributed by atoms with van der Waals surface area (Å²) >= 11 is 0. The SMILES string of the molecule is C.CC(O)(C(=O)O)c1ccccc1. The second kappa shape index (κ2) is 4.05. The fourth-order valence-corrected chi connectivity index (χ4v) is 0.886. The number of benzene rings is 1. The Morgan fingerprint density at radius 2 is 1.77 bits per heavy atom. The predicted octanol–water partition coefficient (Wildman–Crippen LogP) is 1.61. The molecule has 3 nitrogen and oxygen atoms in total. The van der Waals surface area contributed by atoms with Crippen LogP contribution in [0.5, 0.6) is 0 Å². The Bertz CT molecular complexity index is 277. The monoisotopic (exact) mass is 182 g/mol. The lowest BCUT2D eigenvalue weighted by atomic mass is 9.97. The smallest absolute Gasteiger partial charge is 0.340 e. The van der Waals surface area contributed by atoms with Crippen molar-refractivity contribution >= 4 is 5.97 Å². The largest absolute Gasteiger partial charge is 0.479 e. The van der Waals surface area contributed by atoms with Crippen molar-refractivity contribution in [3.8, 4) is 0 Å². The molecule has 3 heteroatoms.